The SMILES string of the molecule is NC(C(=O)N1CCC(CNCCCCNCC2CCCCC2)CC1)(c1ccccc1)c1ccccc1. The van der Waals surface area contributed by atoms with Gasteiger partial charge in [0.15, 0.2) is 0 Å². The van der Waals surface area contributed by atoms with Crippen molar-refractivity contribution in [2.45, 2.75) is 63.3 Å². The van der Waals surface area contributed by atoms with Crippen LogP contribution in [0.1, 0.15) is 68.9 Å². The van der Waals surface area contributed by atoms with E-state index >= 15 is 0 Å². The number of nitrogens with zero attached hydrogens (tertiary/aromatic N) is 1. The molecule has 2 aliphatic rings. The molecule has 36 heavy (non-hydrogen) atoms. The molecule has 1 aliphatic heterocycles. The molecule has 4 rings (SSSR count). The number of likely N-dealkylation sites (tertiary alicyclic amines) is 1. The third-order valence-electron chi connectivity index (χ3n) is 8.25. The summed E-state index contributed by atoms with van der Waals surface area (Å²) in [5.41, 5.74) is 7.47. The van der Waals surface area contributed by atoms with Crippen molar-refractivity contribution in [3.05, 3.63) is 71.8 Å². The van der Waals surface area contributed by atoms with Gasteiger partial charge in [0.1, 0.15) is 5.54 Å². The van der Waals surface area contributed by atoms with Gasteiger partial charge in [0.2, 0.25) is 0 Å². The summed E-state index contributed by atoms with van der Waals surface area (Å²) in [7, 11) is 0. The summed E-state index contributed by atoms with van der Waals surface area (Å²) in [6.45, 7) is 6.02. The Morgan fingerprint density at radius 2 is 1.22 bits per heavy atom. The van der Waals surface area contributed by atoms with Crippen molar-refractivity contribution >= 4 is 5.91 Å². The van der Waals surface area contributed by atoms with Crippen molar-refractivity contribution in [3.8, 4) is 0 Å². The number of hydrogen-bond acceptors (Lipinski definition) is 4. The Morgan fingerprint density at radius 1 is 0.750 bits per heavy atom. The molecular formula is C31H46N4O. The molecule has 1 heterocycles. The van der Waals surface area contributed by atoms with Crippen LogP contribution in [-0.2, 0) is 10.3 Å². The fraction of sp³-hybridized carbons (Fsp3) is 0.581. The fourth-order valence-electron chi connectivity index (χ4n) is 5.91. The van der Waals surface area contributed by atoms with E-state index in [0.29, 0.717) is 5.92 Å². The Labute approximate surface area is 218 Å². The molecule has 0 spiro atoms. The third-order valence-corrected chi connectivity index (χ3v) is 8.25. The lowest BCUT2D eigenvalue weighted by Gasteiger charge is -2.39. The van der Waals surface area contributed by atoms with Crippen molar-refractivity contribution < 1.29 is 4.79 Å². The zero-order valence-electron chi connectivity index (χ0n) is 22.0. The van der Waals surface area contributed by atoms with Gasteiger partial charge in [-0.15, -0.1) is 0 Å². The summed E-state index contributed by atoms with van der Waals surface area (Å²) in [4.78, 5) is 15.8. The monoisotopic (exact) mass is 490 g/mol. The van der Waals surface area contributed by atoms with Crippen LogP contribution in [0.2, 0.25) is 0 Å². The van der Waals surface area contributed by atoms with Gasteiger partial charge in [0.05, 0.1) is 0 Å². The van der Waals surface area contributed by atoms with E-state index in [1.165, 1.54) is 51.5 Å². The van der Waals surface area contributed by atoms with Crippen LogP contribution < -0.4 is 16.4 Å². The maximum absolute atomic E-state index is 13.8. The molecule has 1 saturated carbocycles. The normalized spacial score (nSPS) is 17.9. The second-order valence-electron chi connectivity index (χ2n) is 10.9. The Kier molecular flexibility index (Phi) is 10.4. The lowest BCUT2D eigenvalue weighted by atomic mass is 9.81. The first-order valence-corrected chi connectivity index (χ1v) is 14.3. The van der Waals surface area contributed by atoms with E-state index in [9.17, 15) is 4.79 Å². The molecule has 1 saturated heterocycles. The Hall–Kier alpha value is -2.21. The van der Waals surface area contributed by atoms with E-state index in [1.807, 2.05) is 65.6 Å². The number of carbonyl (C=O) groups excluding carboxylic acids is 1. The van der Waals surface area contributed by atoms with Crippen molar-refractivity contribution in [2.24, 2.45) is 17.6 Å². The quantitative estimate of drug-likeness (QED) is 0.378. The number of carbonyl (C=O) groups is 1. The van der Waals surface area contributed by atoms with Crippen LogP contribution in [0.3, 0.4) is 0 Å². The van der Waals surface area contributed by atoms with Crippen LogP contribution >= 0.6 is 0 Å². The molecule has 1 amide bonds. The summed E-state index contributed by atoms with van der Waals surface area (Å²) in [5.74, 6) is 1.55. The van der Waals surface area contributed by atoms with E-state index in [2.05, 4.69) is 10.6 Å². The van der Waals surface area contributed by atoms with E-state index in [-0.39, 0.29) is 5.91 Å². The number of amides is 1. The maximum atomic E-state index is 13.8. The number of nitrogens with one attached hydrogen (secondary N) is 2. The first-order chi connectivity index (χ1) is 17.7. The van der Waals surface area contributed by atoms with Gasteiger partial charge >= 0.3 is 0 Å². The molecule has 196 valence electrons. The zero-order chi connectivity index (χ0) is 25.1. The van der Waals surface area contributed by atoms with E-state index in [1.54, 1.807) is 0 Å². The van der Waals surface area contributed by atoms with E-state index in [0.717, 1.165) is 62.6 Å². The van der Waals surface area contributed by atoms with Crippen molar-refractivity contribution in [1.29, 1.82) is 0 Å². The smallest absolute Gasteiger partial charge is 0.251 e. The van der Waals surface area contributed by atoms with Crippen LogP contribution in [0.4, 0.5) is 0 Å². The highest BCUT2D eigenvalue weighted by Crippen LogP contribution is 2.31. The Bertz CT molecular complexity index is 850. The maximum Gasteiger partial charge on any atom is 0.251 e. The molecule has 0 unspecified atom stereocenters. The lowest BCUT2D eigenvalue weighted by Crippen LogP contribution is -2.55. The molecule has 0 aromatic heterocycles. The van der Waals surface area contributed by atoms with Crippen molar-refractivity contribution in [2.75, 3.05) is 39.3 Å². The highest BCUT2D eigenvalue weighted by molar-refractivity contribution is 5.91. The largest absolute Gasteiger partial charge is 0.340 e. The first-order valence-electron chi connectivity index (χ1n) is 14.3. The summed E-state index contributed by atoms with van der Waals surface area (Å²) in [6.07, 6.45) is 11.7. The molecule has 4 N–H and O–H groups in total. The second-order valence-corrected chi connectivity index (χ2v) is 10.9. The summed E-state index contributed by atoms with van der Waals surface area (Å²) < 4.78 is 0. The molecule has 5 nitrogen and oxygen atoms in total. The minimum Gasteiger partial charge on any atom is -0.340 e. The highest BCUT2D eigenvalue weighted by atomic mass is 16.2. The molecule has 1 aliphatic carbocycles. The lowest BCUT2D eigenvalue weighted by molar-refractivity contribution is -0.137. The van der Waals surface area contributed by atoms with Crippen LogP contribution in [0.5, 0.6) is 0 Å². The number of piperidine rings is 1. The van der Waals surface area contributed by atoms with Crippen LogP contribution in [-0.4, -0.2) is 50.1 Å². The Balaban J connectivity index is 1.17. The predicted molar refractivity (Wildman–Crippen MR) is 149 cm³/mol. The molecule has 2 aromatic rings. The topological polar surface area (TPSA) is 70.4 Å². The van der Waals surface area contributed by atoms with Gasteiger partial charge in [-0.25, -0.2) is 0 Å². The van der Waals surface area contributed by atoms with Gasteiger partial charge in [-0.05, 0) is 87.7 Å². The minimum atomic E-state index is -1.15. The third kappa shape index (κ3) is 7.18. The summed E-state index contributed by atoms with van der Waals surface area (Å²) >= 11 is 0. The Morgan fingerprint density at radius 3 is 1.72 bits per heavy atom. The number of unbranched alkanes of at least 4 members (excludes halogenated alkanes) is 1. The van der Waals surface area contributed by atoms with Gasteiger partial charge in [0, 0.05) is 13.1 Å². The van der Waals surface area contributed by atoms with E-state index < -0.39 is 5.54 Å². The van der Waals surface area contributed by atoms with Crippen molar-refractivity contribution in [1.82, 2.24) is 15.5 Å². The van der Waals surface area contributed by atoms with E-state index in [4.69, 9.17) is 5.73 Å². The molecule has 2 fully saturated rings. The molecule has 5 heteroatoms. The number of hydrogen-bond donors (Lipinski definition) is 3. The number of nitrogens with two attached hydrogens (primary N) is 1. The number of rotatable bonds is 12. The first kappa shape index (κ1) is 26.8. The van der Waals surface area contributed by atoms with Gasteiger partial charge in [-0.1, -0.05) is 79.9 Å². The van der Waals surface area contributed by atoms with Crippen LogP contribution in [0.25, 0.3) is 0 Å². The molecule has 2 aromatic carbocycles. The zero-order valence-corrected chi connectivity index (χ0v) is 22.0. The van der Waals surface area contributed by atoms with Gasteiger partial charge in [0.25, 0.3) is 5.91 Å². The average molecular weight is 491 g/mol. The molecule has 0 atom stereocenters. The van der Waals surface area contributed by atoms with Crippen LogP contribution in [0.15, 0.2) is 60.7 Å². The average Bonchev–Trinajstić information content (AvgIpc) is 2.95. The molecular weight excluding hydrogens is 444 g/mol. The summed E-state index contributed by atoms with van der Waals surface area (Å²) in [6, 6.07) is 19.6. The molecule has 0 radical (unpaired) electrons. The van der Waals surface area contributed by atoms with Gasteiger partial charge in [-0.3, -0.25) is 4.79 Å². The molecule has 0 bridgehead atoms. The second kappa shape index (κ2) is 13.9. The van der Waals surface area contributed by atoms with Crippen LogP contribution in [0, 0.1) is 11.8 Å². The number of benzene rings is 2. The van der Waals surface area contributed by atoms with Gasteiger partial charge < -0.3 is 21.3 Å². The summed E-state index contributed by atoms with van der Waals surface area (Å²) in [5, 5.41) is 7.34. The highest BCUT2D eigenvalue weighted by Gasteiger charge is 2.41. The van der Waals surface area contributed by atoms with Crippen molar-refractivity contribution in [3.63, 3.8) is 0 Å². The standard InChI is InChI=1S/C31H46N4O/c32-31(28-14-6-2-7-15-28,29-16-8-3-9-17-29)30(36)35-22-18-27(19-23-35)25-34-21-11-10-20-33-24-26-12-4-1-5-13-26/h2-3,6-9,14-17,26-27,33-34H,1,4-5,10-13,18-25,32H2. The fourth-order valence-corrected chi connectivity index (χ4v) is 5.91. The minimum absolute atomic E-state index is 0.00651. The van der Waals surface area contributed by atoms with Gasteiger partial charge in [-0.2, -0.15) is 0 Å². The predicted octanol–water partition coefficient (Wildman–Crippen LogP) is 4.67.